The maximum absolute atomic E-state index is 12.0. The van der Waals surface area contributed by atoms with Crippen molar-refractivity contribution in [1.29, 1.82) is 0 Å². The Labute approximate surface area is 169 Å². The molecular formula is C21H27N5O3. The maximum Gasteiger partial charge on any atom is 0.267 e. The van der Waals surface area contributed by atoms with Crippen molar-refractivity contribution in [2.24, 2.45) is 5.73 Å². The van der Waals surface area contributed by atoms with Gasteiger partial charge in [0.15, 0.2) is 0 Å². The van der Waals surface area contributed by atoms with Gasteiger partial charge in [0.1, 0.15) is 11.4 Å². The van der Waals surface area contributed by atoms with Crippen LogP contribution in [0.25, 0.3) is 0 Å². The molecule has 1 aromatic carbocycles. The largest absolute Gasteiger partial charge is 0.508 e. The summed E-state index contributed by atoms with van der Waals surface area (Å²) in [5, 5.41) is 23.7. The number of aromatic nitrogens is 2. The number of phenols is 1. The molecule has 5 N–H and O–H groups in total. The van der Waals surface area contributed by atoms with Gasteiger partial charge in [-0.1, -0.05) is 6.07 Å². The lowest BCUT2D eigenvalue weighted by Crippen LogP contribution is -2.45. The van der Waals surface area contributed by atoms with Crippen LogP contribution in [-0.2, 0) is 19.4 Å². The topological polar surface area (TPSA) is 125 Å². The monoisotopic (exact) mass is 397 g/mol. The molecule has 3 heterocycles. The van der Waals surface area contributed by atoms with Crippen LogP contribution in [0.3, 0.4) is 0 Å². The predicted molar refractivity (Wildman–Crippen MR) is 109 cm³/mol. The minimum absolute atomic E-state index is 0.172. The minimum Gasteiger partial charge on any atom is -0.508 e. The van der Waals surface area contributed by atoms with Crippen molar-refractivity contribution < 1.29 is 15.0 Å². The molecule has 2 aliphatic heterocycles. The first-order valence-corrected chi connectivity index (χ1v) is 10.1. The van der Waals surface area contributed by atoms with E-state index in [2.05, 4.69) is 20.2 Å². The molecule has 0 aliphatic carbocycles. The van der Waals surface area contributed by atoms with E-state index in [0.29, 0.717) is 24.5 Å². The van der Waals surface area contributed by atoms with E-state index in [1.165, 1.54) is 6.42 Å². The molecule has 154 valence electrons. The molecule has 2 aliphatic rings. The van der Waals surface area contributed by atoms with Gasteiger partial charge in [0.25, 0.3) is 5.91 Å². The Morgan fingerprint density at radius 1 is 1.28 bits per heavy atom. The van der Waals surface area contributed by atoms with Crippen LogP contribution in [0.2, 0.25) is 0 Å². The average molecular weight is 397 g/mol. The summed E-state index contributed by atoms with van der Waals surface area (Å²) in [4.78, 5) is 22.9. The molecule has 1 amide bonds. The molecule has 2 aromatic rings. The highest BCUT2D eigenvalue weighted by Crippen LogP contribution is 2.24. The van der Waals surface area contributed by atoms with Gasteiger partial charge in [0, 0.05) is 43.9 Å². The van der Waals surface area contributed by atoms with Gasteiger partial charge in [-0.2, -0.15) is 0 Å². The molecule has 2 atom stereocenters. The summed E-state index contributed by atoms with van der Waals surface area (Å²) in [6.07, 6.45) is 5.14. The van der Waals surface area contributed by atoms with Crippen molar-refractivity contribution in [3.8, 4) is 5.75 Å². The van der Waals surface area contributed by atoms with Gasteiger partial charge in [-0.3, -0.25) is 4.79 Å². The second-order valence-electron chi connectivity index (χ2n) is 7.87. The minimum atomic E-state index is -0.723. The first kappa shape index (κ1) is 19.6. The average Bonchev–Trinajstić information content (AvgIpc) is 2.74. The zero-order valence-electron chi connectivity index (χ0n) is 16.3. The summed E-state index contributed by atoms with van der Waals surface area (Å²) >= 11 is 0. The Hall–Kier alpha value is -2.71. The lowest BCUT2D eigenvalue weighted by Gasteiger charge is -2.30. The highest BCUT2D eigenvalue weighted by atomic mass is 16.3. The molecule has 4 rings (SSSR count). The van der Waals surface area contributed by atoms with E-state index >= 15 is 0 Å². The number of hydrogen-bond acceptors (Lipinski definition) is 7. The third-order valence-corrected chi connectivity index (χ3v) is 5.80. The maximum atomic E-state index is 12.0. The van der Waals surface area contributed by atoms with Crippen LogP contribution >= 0.6 is 0 Å². The zero-order chi connectivity index (χ0) is 20.4. The van der Waals surface area contributed by atoms with Crippen LogP contribution in [0, 0.1) is 0 Å². The normalized spacial score (nSPS) is 20.2. The van der Waals surface area contributed by atoms with Gasteiger partial charge in [0.05, 0.1) is 6.10 Å². The molecule has 0 unspecified atom stereocenters. The number of nitrogens with two attached hydrogens (primary N) is 1. The number of fused-ring (bicyclic) bond motifs is 1. The summed E-state index contributed by atoms with van der Waals surface area (Å²) in [5.41, 5.74) is 8.44. The fourth-order valence-corrected chi connectivity index (χ4v) is 4.17. The fraction of sp³-hybridized carbons (Fsp3) is 0.476. The van der Waals surface area contributed by atoms with Gasteiger partial charge in [-0.15, -0.1) is 0 Å². The number of anilines is 1. The van der Waals surface area contributed by atoms with Crippen LogP contribution in [0.1, 0.15) is 46.4 Å². The van der Waals surface area contributed by atoms with Crippen LogP contribution in [0.15, 0.2) is 24.4 Å². The SMILES string of the molecule is NC(=O)c1nc(N2CCCCC2)ncc1C[C@@H](O)[C@@H]1Cc2ccc(O)cc2CN1. The lowest BCUT2D eigenvalue weighted by atomic mass is 9.90. The van der Waals surface area contributed by atoms with Crippen molar-refractivity contribution >= 4 is 11.9 Å². The molecule has 8 heteroatoms. The number of aliphatic hydroxyl groups is 1. The first-order valence-electron chi connectivity index (χ1n) is 10.1. The lowest BCUT2D eigenvalue weighted by molar-refractivity contribution is 0.0990. The molecule has 1 fully saturated rings. The molecule has 0 radical (unpaired) electrons. The zero-order valence-corrected chi connectivity index (χ0v) is 16.3. The van der Waals surface area contributed by atoms with E-state index < -0.39 is 12.0 Å². The number of phenolic OH excluding ortho intramolecular Hbond substituents is 1. The third-order valence-electron chi connectivity index (χ3n) is 5.80. The van der Waals surface area contributed by atoms with Crippen molar-refractivity contribution in [2.75, 3.05) is 18.0 Å². The van der Waals surface area contributed by atoms with Crippen LogP contribution in [0.5, 0.6) is 5.75 Å². The molecule has 0 spiro atoms. The Bertz CT molecular complexity index is 898. The van der Waals surface area contributed by atoms with E-state index in [1.807, 2.05) is 6.07 Å². The van der Waals surface area contributed by atoms with Crippen molar-refractivity contribution in [3.05, 3.63) is 46.8 Å². The van der Waals surface area contributed by atoms with Gasteiger partial charge >= 0.3 is 0 Å². The summed E-state index contributed by atoms with van der Waals surface area (Å²) in [7, 11) is 0. The molecular weight excluding hydrogens is 370 g/mol. The summed E-state index contributed by atoms with van der Waals surface area (Å²) in [6.45, 7) is 2.32. The molecule has 29 heavy (non-hydrogen) atoms. The smallest absolute Gasteiger partial charge is 0.267 e. The Morgan fingerprint density at radius 3 is 2.83 bits per heavy atom. The highest BCUT2D eigenvalue weighted by Gasteiger charge is 2.27. The van der Waals surface area contributed by atoms with Crippen molar-refractivity contribution in [3.63, 3.8) is 0 Å². The molecule has 0 bridgehead atoms. The van der Waals surface area contributed by atoms with Gasteiger partial charge in [0.2, 0.25) is 5.95 Å². The number of aromatic hydroxyl groups is 1. The van der Waals surface area contributed by atoms with E-state index in [1.54, 1.807) is 18.3 Å². The Kier molecular flexibility index (Phi) is 5.64. The van der Waals surface area contributed by atoms with Crippen molar-refractivity contribution in [1.82, 2.24) is 15.3 Å². The van der Waals surface area contributed by atoms with E-state index in [0.717, 1.165) is 37.1 Å². The summed E-state index contributed by atoms with van der Waals surface area (Å²) in [6, 6.07) is 5.11. The number of amides is 1. The van der Waals surface area contributed by atoms with Crippen LogP contribution < -0.4 is 16.0 Å². The van der Waals surface area contributed by atoms with Crippen LogP contribution in [-0.4, -0.2) is 51.3 Å². The number of hydrogen-bond donors (Lipinski definition) is 4. The Balaban J connectivity index is 1.49. The van der Waals surface area contributed by atoms with E-state index in [-0.39, 0.29) is 23.9 Å². The number of aliphatic hydroxyl groups excluding tert-OH is 1. The number of piperidine rings is 1. The van der Waals surface area contributed by atoms with Crippen LogP contribution in [0.4, 0.5) is 5.95 Å². The molecule has 8 nitrogen and oxygen atoms in total. The third kappa shape index (κ3) is 4.33. The second kappa shape index (κ2) is 8.34. The first-order chi connectivity index (χ1) is 14.0. The second-order valence-corrected chi connectivity index (χ2v) is 7.87. The number of primary amides is 1. The summed E-state index contributed by atoms with van der Waals surface area (Å²) in [5.74, 6) is 0.160. The van der Waals surface area contributed by atoms with E-state index in [9.17, 15) is 15.0 Å². The summed E-state index contributed by atoms with van der Waals surface area (Å²) < 4.78 is 0. The van der Waals surface area contributed by atoms with Gasteiger partial charge in [-0.25, -0.2) is 9.97 Å². The van der Waals surface area contributed by atoms with Crippen molar-refractivity contribution in [2.45, 2.75) is 50.8 Å². The number of benzene rings is 1. The number of carbonyl (C=O) groups excluding carboxylic acids is 1. The number of nitrogens with one attached hydrogen (secondary N) is 1. The number of nitrogens with zero attached hydrogens (tertiary/aromatic N) is 3. The van der Waals surface area contributed by atoms with E-state index in [4.69, 9.17) is 5.73 Å². The number of carbonyl (C=O) groups is 1. The molecule has 0 saturated carbocycles. The van der Waals surface area contributed by atoms with Gasteiger partial charge < -0.3 is 26.2 Å². The standard InChI is InChI=1S/C21H27N5O3/c22-20(29)19-15(12-24-21(25-19)26-6-2-1-3-7-26)10-18(28)17-9-13-4-5-16(27)8-14(13)11-23-17/h4-5,8,12,17-18,23,27-28H,1-3,6-7,9-11H2,(H2,22,29)/t17-,18+/m0/s1. The van der Waals surface area contributed by atoms with Gasteiger partial charge in [-0.05, 0) is 48.9 Å². The Morgan fingerprint density at radius 2 is 2.07 bits per heavy atom. The molecule has 1 aromatic heterocycles. The number of rotatable bonds is 5. The fourth-order valence-electron chi connectivity index (χ4n) is 4.17. The quantitative estimate of drug-likeness (QED) is 0.590. The predicted octanol–water partition coefficient (Wildman–Crippen LogP) is 0.889. The molecule has 1 saturated heterocycles. The highest BCUT2D eigenvalue weighted by molar-refractivity contribution is 5.92.